The van der Waals surface area contributed by atoms with E-state index in [1.54, 1.807) is 29.3 Å². The number of hydrogen-bond acceptors (Lipinski definition) is 8. The molecule has 1 aromatic carbocycles. The fourth-order valence-electron chi connectivity index (χ4n) is 4.39. The summed E-state index contributed by atoms with van der Waals surface area (Å²) in [6.07, 6.45) is 6.76. The first kappa shape index (κ1) is 21.8. The quantitative estimate of drug-likeness (QED) is 0.451. The Morgan fingerprint density at radius 1 is 1.03 bits per heavy atom. The second-order valence-corrected chi connectivity index (χ2v) is 8.28. The third kappa shape index (κ3) is 4.54. The van der Waals surface area contributed by atoms with Gasteiger partial charge in [-0.3, -0.25) is 4.79 Å². The molecule has 2 atom stereocenters. The molecule has 1 aliphatic heterocycles. The fourth-order valence-corrected chi connectivity index (χ4v) is 4.39. The number of anilines is 4. The number of nitrogens with zero attached hydrogens (tertiary/aromatic N) is 4. The van der Waals surface area contributed by atoms with Crippen molar-refractivity contribution in [1.82, 2.24) is 15.0 Å². The minimum absolute atomic E-state index is 0.0782. The lowest BCUT2D eigenvalue weighted by atomic mass is 10.1. The first-order valence-electron chi connectivity index (χ1n) is 10.9. The molecule has 0 bridgehead atoms. The van der Waals surface area contributed by atoms with Gasteiger partial charge in [-0.25, -0.2) is 15.0 Å². The van der Waals surface area contributed by atoms with Gasteiger partial charge >= 0.3 is 6.61 Å². The molecule has 11 heteroatoms. The molecule has 34 heavy (non-hydrogen) atoms. The van der Waals surface area contributed by atoms with Crippen molar-refractivity contribution >= 4 is 29.0 Å². The standard InChI is InChI=1S/C23H23F2N7O2/c24-22(25)34-16-10-28-23(29-11-16)31-14-5-4-13(8-14)30-20-7-6-15(9-27-20)32-12-18-17(21(32)33)2-1-3-19(18)26/h1-3,6-7,9-11,13-14,22H,4-5,8,12,26H2,(H,27,30)(H,28,29,31)/t13-,14-/m0/s1. The van der Waals surface area contributed by atoms with Gasteiger partial charge in [-0.2, -0.15) is 8.78 Å². The molecule has 1 fully saturated rings. The summed E-state index contributed by atoms with van der Waals surface area (Å²) in [6, 6.07) is 9.46. The number of fused-ring (bicyclic) bond motifs is 1. The van der Waals surface area contributed by atoms with E-state index in [4.69, 9.17) is 5.73 Å². The molecule has 0 unspecified atom stereocenters. The average Bonchev–Trinajstić information content (AvgIpc) is 3.40. The summed E-state index contributed by atoms with van der Waals surface area (Å²) in [5, 5.41) is 6.65. The molecular formula is C23H23F2N7O2. The number of carbonyl (C=O) groups is 1. The summed E-state index contributed by atoms with van der Waals surface area (Å²) >= 11 is 0. The molecule has 0 saturated heterocycles. The van der Waals surface area contributed by atoms with Gasteiger partial charge in [-0.1, -0.05) is 6.07 Å². The number of nitrogens with two attached hydrogens (primary N) is 1. The Morgan fingerprint density at radius 3 is 2.47 bits per heavy atom. The van der Waals surface area contributed by atoms with Crippen LogP contribution in [-0.4, -0.2) is 39.6 Å². The summed E-state index contributed by atoms with van der Waals surface area (Å²) in [5.74, 6) is 0.934. The Morgan fingerprint density at radius 2 is 1.79 bits per heavy atom. The maximum atomic E-state index is 12.7. The van der Waals surface area contributed by atoms with Crippen LogP contribution in [0.15, 0.2) is 48.9 Å². The number of aromatic nitrogens is 3. The van der Waals surface area contributed by atoms with Crippen LogP contribution in [0.5, 0.6) is 5.75 Å². The van der Waals surface area contributed by atoms with Crippen LogP contribution in [0.4, 0.5) is 31.9 Å². The number of hydrogen-bond donors (Lipinski definition) is 3. The summed E-state index contributed by atoms with van der Waals surface area (Å²) in [7, 11) is 0. The van der Waals surface area contributed by atoms with E-state index in [9.17, 15) is 13.6 Å². The number of benzene rings is 1. The van der Waals surface area contributed by atoms with Gasteiger partial charge in [0.2, 0.25) is 5.95 Å². The van der Waals surface area contributed by atoms with Crippen LogP contribution in [0.2, 0.25) is 0 Å². The average molecular weight is 467 g/mol. The molecule has 1 aliphatic carbocycles. The molecule has 2 aromatic heterocycles. The zero-order valence-corrected chi connectivity index (χ0v) is 18.1. The number of pyridine rings is 1. The van der Waals surface area contributed by atoms with Crippen molar-refractivity contribution in [3.8, 4) is 5.75 Å². The van der Waals surface area contributed by atoms with Crippen molar-refractivity contribution in [2.75, 3.05) is 21.3 Å². The zero-order valence-electron chi connectivity index (χ0n) is 18.1. The van der Waals surface area contributed by atoms with E-state index in [1.807, 2.05) is 12.1 Å². The number of alkyl halides is 2. The van der Waals surface area contributed by atoms with Gasteiger partial charge in [-0.15, -0.1) is 0 Å². The van der Waals surface area contributed by atoms with Crippen molar-refractivity contribution in [3.05, 3.63) is 60.0 Å². The molecule has 5 rings (SSSR count). The Balaban J connectivity index is 1.15. The van der Waals surface area contributed by atoms with Crippen molar-refractivity contribution in [3.63, 3.8) is 0 Å². The van der Waals surface area contributed by atoms with Crippen molar-refractivity contribution in [2.45, 2.75) is 44.5 Å². The predicted octanol–water partition coefficient (Wildman–Crippen LogP) is 3.66. The zero-order chi connectivity index (χ0) is 23.7. The Hall–Kier alpha value is -4.02. The third-order valence-electron chi connectivity index (χ3n) is 6.03. The van der Waals surface area contributed by atoms with E-state index in [0.717, 1.165) is 30.6 Å². The van der Waals surface area contributed by atoms with E-state index in [-0.39, 0.29) is 23.7 Å². The first-order valence-corrected chi connectivity index (χ1v) is 10.9. The normalized spacial score (nSPS) is 19.4. The number of carbonyl (C=O) groups excluding carboxylic acids is 1. The number of nitrogens with one attached hydrogen (secondary N) is 2. The smallest absolute Gasteiger partial charge is 0.387 e. The molecule has 176 valence electrons. The maximum absolute atomic E-state index is 12.7. The highest BCUT2D eigenvalue weighted by Gasteiger charge is 2.30. The van der Waals surface area contributed by atoms with Crippen LogP contribution in [-0.2, 0) is 6.54 Å². The third-order valence-corrected chi connectivity index (χ3v) is 6.03. The molecule has 3 aromatic rings. The van der Waals surface area contributed by atoms with Crippen LogP contribution in [0.25, 0.3) is 0 Å². The molecule has 0 radical (unpaired) electrons. The maximum Gasteiger partial charge on any atom is 0.387 e. The van der Waals surface area contributed by atoms with E-state index >= 15 is 0 Å². The van der Waals surface area contributed by atoms with E-state index < -0.39 is 6.61 Å². The number of ether oxygens (including phenoxy) is 1. The van der Waals surface area contributed by atoms with Gasteiger partial charge < -0.3 is 26.0 Å². The fraction of sp³-hybridized carbons (Fsp3) is 0.304. The van der Waals surface area contributed by atoms with Crippen molar-refractivity contribution in [2.24, 2.45) is 0 Å². The number of rotatable bonds is 7. The molecular weight excluding hydrogens is 444 g/mol. The number of nitrogen functional groups attached to an aromatic ring is 1. The minimum Gasteiger partial charge on any atom is -0.432 e. The summed E-state index contributed by atoms with van der Waals surface area (Å²) < 4.78 is 28.7. The SMILES string of the molecule is Nc1cccc2c1CN(c1ccc(N[C@H]3CC[C@H](Nc4ncc(OC(F)F)cn4)C3)nc1)C2=O. The van der Waals surface area contributed by atoms with Gasteiger partial charge in [0, 0.05) is 28.9 Å². The van der Waals surface area contributed by atoms with E-state index in [2.05, 4.69) is 30.3 Å². The van der Waals surface area contributed by atoms with Crippen molar-refractivity contribution in [1.29, 1.82) is 0 Å². The Kier molecular flexibility index (Phi) is 5.83. The molecule has 9 nitrogen and oxygen atoms in total. The van der Waals surface area contributed by atoms with E-state index in [1.165, 1.54) is 12.4 Å². The second-order valence-electron chi connectivity index (χ2n) is 8.28. The Bertz CT molecular complexity index is 1170. The van der Waals surface area contributed by atoms with Gasteiger partial charge in [0.25, 0.3) is 5.91 Å². The highest BCUT2D eigenvalue weighted by molar-refractivity contribution is 6.11. The molecule has 1 amide bonds. The topological polar surface area (TPSA) is 118 Å². The lowest BCUT2D eigenvalue weighted by Crippen LogP contribution is -2.24. The predicted molar refractivity (Wildman–Crippen MR) is 123 cm³/mol. The van der Waals surface area contributed by atoms with Crippen LogP contribution in [0.1, 0.15) is 35.2 Å². The number of amides is 1. The first-order chi connectivity index (χ1) is 16.5. The summed E-state index contributed by atoms with van der Waals surface area (Å²) in [6.45, 7) is -2.47. The lowest BCUT2D eigenvalue weighted by Gasteiger charge is -2.18. The largest absolute Gasteiger partial charge is 0.432 e. The molecule has 3 heterocycles. The summed E-state index contributed by atoms with van der Waals surface area (Å²) in [4.78, 5) is 26.9. The molecule has 1 saturated carbocycles. The van der Waals surface area contributed by atoms with E-state index in [0.29, 0.717) is 29.4 Å². The lowest BCUT2D eigenvalue weighted by molar-refractivity contribution is -0.0503. The monoisotopic (exact) mass is 467 g/mol. The Labute approximate surface area is 194 Å². The van der Waals surface area contributed by atoms with Crippen molar-refractivity contribution < 1.29 is 18.3 Å². The molecule has 2 aliphatic rings. The van der Waals surface area contributed by atoms with Gasteiger partial charge in [0.15, 0.2) is 5.75 Å². The van der Waals surface area contributed by atoms with Gasteiger partial charge in [-0.05, 0) is 43.5 Å². The highest BCUT2D eigenvalue weighted by Crippen LogP contribution is 2.32. The summed E-state index contributed by atoms with van der Waals surface area (Å²) in [5.41, 5.74) is 8.83. The number of halogens is 2. The van der Waals surface area contributed by atoms with Crippen LogP contribution in [0, 0.1) is 0 Å². The highest BCUT2D eigenvalue weighted by atomic mass is 19.3. The van der Waals surface area contributed by atoms with Gasteiger partial charge in [0.05, 0.1) is 30.8 Å². The van der Waals surface area contributed by atoms with Gasteiger partial charge in [0.1, 0.15) is 5.82 Å². The van der Waals surface area contributed by atoms with Crippen LogP contribution in [0.3, 0.4) is 0 Å². The van der Waals surface area contributed by atoms with Crippen LogP contribution < -0.4 is 26.0 Å². The molecule has 4 N–H and O–H groups in total. The van der Waals surface area contributed by atoms with Crippen LogP contribution >= 0.6 is 0 Å². The minimum atomic E-state index is -2.90. The molecule has 0 spiro atoms. The second kappa shape index (κ2) is 9.08.